The maximum absolute atomic E-state index is 3.50. The minimum Gasteiger partial charge on any atom is -1.00 e. The standard InChI is InChI=1S/C17H11N.BrH/c1-2-6-13-11-17-15(9-12(13)5-1)10-14-7-3-4-8-16(14)18-17;/h1-11H;1H. The van der Waals surface area contributed by atoms with Gasteiger partial charge in [0.15, 0.2) is 0 Å². The first-order valence-electron chi connectivity index (χ1n) is 6.14. The van der Waals surface area contributed by atoms with E-state index in [2.05, 4.69) is 71.7 Å². The molecule has 0 aliphatic carbocycles. The van der Waals surface area contributed by atoms with Crippen LogP contribution in [0.5, 0.6) is 0 Å². The molecule has 0 radical (unpaired) electrons. The van der Waals surface area contributed by atoms with E-state index < -0.39 is 0 Å². The van der Waals surface area contributed by atoms with Crippen LogP contribution in [0.4, 0.5) is 0 Å². The van der Waals surface area contributed by atoms with Gasteiger partial charge in [-0.15, -0.1) is 0 Å². The third kappa shape index (κ3) is 1.98. The highest BCUT2D eigenvalue weighted by molar-refractivity contribution is 5.98. The molecule has 4 aromatic rings. The van der Waals surface area contributed by atoms with Crippen LogP contribution in [0.2, 0.25) is 0 Å². The van der Waals surface area contributed by atoms with Crippen LogP contribution in [-0.4, -0.2) is 0 Å². The number of H-pyrrole nitrogens is 1. The van der Waals surface area contributed by atoms with Gasteiger partial charge < -0.3 is 17.0 Å². The maximum Gasteiger partial charge on any atom is 0.211 e. The van der Waals surface area contributed by atoms with E-state index in [0.717, 1.165) is 0 Å². The first-order chi connectivity index (χ1) is 8.90. The van der Waals surface area contributed by atoms with Crippen molar-refractivity contribution in [1.29, 1.82) is 0 Å². The largest absolute Gasteiger partial charge is 1.00 e. The second-order valence-corrected chi connectivity index (χ2v) is 4.64. The van der Waals surface area contributed by atoms with E-state index in [4.69, 9.17) is 0 Å². The van der Waals surface area contributed by atoms with Crippen molar-refractivity contribution in [3.05, 3.63) is 66.7 Å². The van der Waals surface area contributed by atoms with Gasteiger partial charge in [0.2, 0.25) is 11.0 Å². The average Bonchev–Trinajstić information content (AvgIpc) is 2.42. The molecule has 0 amide bonds. The van der Waals surface area contributed by atoms with Crippen molar-refractivity contribution in [3.63, 3.8) is 0 Å². The molecule has 1 heterocycles. The zero-order chi connectivity index (χ0) is 11.9. The average molecular weight is 310 g/mol. The highest BCUT2D eigenvalue weighted by atomic mass is 79.9. The number of para-hydroxylation sites is 1. The quantitative estimate of drug-likeness (QED) is 0.430. The Morgan fingerprint density at radius 1 is 0.526 bits per heavy atom. The molecule has 0 aliphatic rings. The molecule has 0 saturated heterocycles. The highest BCUT2D eigenvalue weighted by Crippen LogP contribution is 2.22. The molecular formula is C17H12BrN. The zero-order valence-corrected chi connectivity index (χ0v) is 11.8. The van der Waals surface area contributed by atoms with Crippen molar-refractivity contribution in [2.45, 2.75) is 0 Å². The van der Waals surface area contributed by atoms with Crippen LogP contribution in [0.3, 0.4) is 0 Å². The van der Waals surface area contributed by atoms with E-state index >= 15 is 0 Å². The van der Waals surface area contributed by atoms with Crippen LogP contribution in [0.15, 0.2) is 66.7 Å². The second-order valence-electron chi connectivity index (χ2n) is 4.64. The fraction of sp³-hybridized carbons (Fsp3) is 0. The van der Waals surface area contributed by atoms with Crippen molar-refractivity contribution in [3.8, 4) is 0 Å². The number of nitrogens with one attached hydrogen (secondary N) is 1. The minimum absolute atomic E-state index is 0. The van der Waals surface area contributed by atoms with Crippen molar-refractivity contribution in [2.24, 2.45) is 0 Å². The molecule has 0 fully saturated rings. The molecule has 3 aromatic carbocycles. The number of aromatic nitrogens is 1. The number of hydrogen-bond acceptors (Lipinski definition) is 0. The molecule has 0 bridgehead atoms. The summed E-state index contributed by atoms with van der Waals surface area (Å²) >= 11 is 0. The monoisotopic (exact) mass is 309 g/mol. The van der Waals surface area contributed by atoms with Crippen molar-refractivity contribution in [2.75, 3.05) is 0 Å². The Morgan fingerprint density at radius 3 is 1.89 bits per heavy atom. The predicted molar refractivity (Wildman–Crippen MR) is 75.5 cm³/mol. The molecule has 1 nitrogen and oxygen atoms in total. The van der Waals surface area contributed by atoms with E-state index in [-0.39, 0.29) is 17.0 Å². The summed E-state index contributed by atoms with van der Waals surface area (Å²) in [7, 11) is 0. The molecule has 1 N–H and O–H groups in total. The number of fused-ring (bicyclic) bond motifs is 3. The Morgan fingerprint density at radius 2 is 1.11 bits per heavy atom. The number of pyridine rings is 1. The number of hydrogen-bond donors (Lipinski definition) is 0. The summed E-state index contributed by atoms with van der Waals surface area (Å²) in [4.78, 5) is 3.50. The fourth-order valence-corrected chi connectivity index (χ4v) is 2.53. The van der Waals surface area contributed by atoms with Crippen LogP contribution in [-0.2, 0) is 0 Å². The molecule has 0 aliphatic heterocycles. The fourth-order valence-electron chi connectivity index (χ4n) is 2.53. The number of rotatable bonds is 0. The Balaban J connectivity index is 0.00000110. The molecule has 0 atom stereocenters. The van der Waals surface area contributed by atoms with Crippen molar-refractivity contribution < 1.29 is 22.0 Å². The first kappa shape index (κ1) is 12.1. The molecule has 19 heavy (non-hydrogen) atoms. The van der Waals surface area contributed by atoms with Crippen LogP contribution in [0.25, 0.3) is 32.6 Å². The third-order valence-electron chi connectivity index (χ3n) is 3.46. The summed E-state index contributed by atoms with van der Waals surface area (Å²) in [5, 5.41) is 5.07. The first-order valence-corrected chi connectivity index (χ1v) is 6.14. The highest BCUT2D eigenvalue weighted by Gasteiger charge is 2.06. The molecule has 92 valence electrons. The second kappa shape index (κ2) is 4.63. The molecule has 0 unspecified atom stereocenters. The van der Waals surface area contributed by atoms with E-state index in [1.54, 1.807) is 0 Å². The van der Waals surface area contributed by atoms with Gasteiger partial charge in [0.05, 0.1) is 0 Å². The van der Waals surface area contributed by atoms with Gasteiger partial charge in [-0.1, -0.05) is 36.4 Å². The van der Waals surface area contributed by atoms with E-state index in [1.807, 2.05) is 0 Å². The Hall–Kier alpha value is -1.93. The lowest BCUT2D eigenvalue weighted by Crippen LogP contribution is -3.00. The van der Waals surface area contributed by atoms with Crippen LogP contribution >= 0.6 is 0 Å². The van der Waals surface area contributed by atoms with Crippen LogP contribution in [0, 0.1) is 0 Å². The van der Waals surface area contributed by atoms with Gasteiger partial charge in [-0.3, -0.25) is 0 Å². The van der Waals surface area contributed by atoms with Gasteiger partial charge in [0, 0.05) is 22.9 Å². The van der Waals surface area contributed by atoms with Gasteiger partial charge >= 0.3 is 0 Å². The van der Waals surface area contributed by atoms with E-state index in [1.165, 1.54) is 32.6 Å². The Bertz CT molecular complexity index is 739. The van der Waals surface area contributed by atoms with Crippen molar-refractivity contribution in [1.82, 2.24) is 0 Å². The summed E-state index contributed by atoms with van der Waals surface area (Å²) < 4.78 is 0. The topological polar surface area (TPSA) is 14.1 Å². The molecule has 1 aromatic heterocycles. The van der Waals surface area contributed by atoms with E-state index in [9.17, 15) is 0 Å². The van der Waals surface area contributed by atoms with E-state index in [0.29, 0.717) is 0 Å². The lowest BCUT2D eigenvalue weighted by molar-refractivity contribution is -0.310. The van der Waals surface area contributed by atoms with Gasteiger partial charge in [-0.05, 0) is 29.0 Å². The normalized spacial score (nSPS) is 10.7. The Labute approximate surface area is 121 Å². The van der Waals surface area contributed by atoms with Gasteiger partial charge in [0.25, 0.3) is 0 Å². The van der Waals surface area contributed by atoms with Crippen LogP contribution in [0.1, 0.15) is 0 Å². The van der Waals surface area contributed by atoms with Gasteiger partial charge in [-0.2, -0.15) is 0 Å². The molecule has 2 heteroatoms. The number of benzene rings is 3. The summed E-state index contributed by atoms with van der Waals surface area (Å²) in [5.41, 5.74) is 2.37. The SMILES string of the molecule is [Br-].c1ccc2cc3[nH+]c4ccccc4cc3cc2c1. The summed E-state index contributed by atoms with van der Waals surface area (Å²) in [6, 6.07) is 23.6. The van der Waals surface area contributed by atoms with Gasteiger partial charge in [-0.25, -0.2) is 4.98 Å². The summed E-state index contributed by atoms with van der Waals surface area (Å²) in [6.07, 6.45) is 0. The Kier molecular flexibility index (Phi) is 2.96. The van der Waals surface area contributed by atoms with Gasteiger partial charge in [0.1, 0.15) is 0 Å². The van der Waals surface area contributed by atoms with Crippen molar-refractivity contribution >= 4 is 32.6 Å². The van der Waals surface area contributed by atoms with Crippen LogP contribution < -0.4 is 22.0 Å². The smallest absolute Gasteiger partial charge is 0.211 e. The molecule has 4 rings (SSSR count). The molecule has 0 saturated carbocycles. The summed E-state index contributed by atoms with van der Waals surface area (Å²) in [6.45, 7) is 0. The number of halogens is 1. The maximum atomic E-state index is 3.50. The predicted octanol–water partition coefficient (Wildman–Crippen LogP) is 0.964. The zero-order valence-electron chi connectivity index (χ0n) is 10.2. The third-order valence-corrected chi connectivity index (χ3v) is 3.46. The number of aromatic amines is 1. The lowest BCUT2D eigenvalue weighted by Gasteiger charge is -1.99. The minimum atomic E-state index is 0. The summed E-state index contributed by atoms with van der Waals surface area (Å²) in [5.74, 6) is 0. The molecule has 0 spiro atoms. The lowest BCUT2D eigenvalue weighted by atomic mass is 10.1. The molecular weight excluding hydrogens is 298 g/mol.